The monoisotopic (exact) mass is 459 g/mol. The fraction of sp³-hybridized carbons (Fsp3) is 0.276. The molecule has 0 saturated heterocycles. The number of amides is 1. The van der Waals surface area contributed by atoms with Crippen LogP contribution < -0.4 is 0 Å². The van der Waals surface area contributed by atoms with Crippen LogP contribution in [0.15, 0.2) is 94.2 Å². The van der Waals surface area contributed by atoms with Gasteiger partial charge >= 0.3 is 0 Å². The minimum absolute atomic E-state index is 0.0247. The van der Waals surface area contributed by atoms with Crippen molar-refractivity contribution in [1.82, 2.24) is 4.90 Å². The average molecular weight is 460 g/mol. The smallest absolute Gasteiger partial charge is 0.227 e. The molecule has 172 valence electrons. The largest absolute Gasteiger partial charge is 0.334 e. The van der Waals surface area contributed by atoms with Crippen molar-refractivity contribution in [3.63, 3.8) is 0 Å². The summed E-state index contributed by atoms with van der Waals surface area (Å²) in [6.45, 7) is 10.8. The summed E-state index contributed by atoms with van der Waals surface area (Å²) in [5.74, 6) is 0.0247. The van der Waals surface area contributed by atoms with Gasteiger partial charge in [-0.25, -0.2) is 4.21 Å². The first-order chi connectivity index (χ1) is 15.6. The van der Waals surface area contributed by atoms with Crippen LogP contribution in [0, 0.1) is 6.92 Å². The second kappa shape index (κ2) is 10.8. The Hall–Kier alpha value is -2.98. The molecule has 0 N–H and O–H groups in total. The molecule has 0 spiro atoms. The zero-order valence-electron chi connectivity index (χ0n) is 20.2. The van der Waals surface area contributed by atoms with Gasteiger partial charge in [-0.15, -0.1) is 0 Å². The van der Waals surface area contributed by atoms with Crippen LogP contribution in [0.5, 0.6) is 0 Å². The third-order valence-electron chi connectivity index (χ3n) is 5.48. The summed E-state index contributed by atoms with van der Waals surface area (Å²) < 4.78 is 13.3. The molecule has 0 aliphatic heterocycles. The van der Waals surface area contributed by atoms with E-state index in [1.807, 2.05) is 78.6 Å². The Labute approximate surface area is 200 Å². The number of carbonyl (C=O) groups is 1. The van der Waals surface area contributed by atoms with Crippen molar-refractivity contribution in [2.24, 2.45) is 0 Å². The zero-order valence-corrected chi connectivity index (χ0v) is 21.0. The summed E-state index contributed by atoms with van der Waals surface area (Å²) >= 11 is 0. The van der Waals surface area contributed by atoms with Crippen LogP contribution in [-0.2, 0) is 22.0 Å². The fourth-order valence-corrected chi connectivity index (χ4v) is 4.92. The average Bonchev–Trinajstić information content (AvgIpc) is 2.78. The molecule has 0 bridgehead atoms. The van der Waals surface area contributed by atoms with Gasteiger partial charge in [-0.05, 0) is 63.9 Å². The second-order valence-electron chi connectivity index (χ2n) is 9.42. The van der Waals surface area contributed by atoms with E-state index in [-0.39, 0.29) is 17.9 Å². The van der Waals surface area contributed by atoms with E-state index in [0.29, 0.717) is 11.4 Å². The highest BCUT2D eigenvalue weighted by molar-refractivity contribution is 7.85. The van der Waals surface area contributed by atoms with Crippen molar-refractivity contribution in [1.29, 1.82) is 0 Å². The number of hydrogen-bond acceptors (Lipinski definition) is 2. The van der Waals surface area contributed by atoms with E-state index in [4.69, 9.17) is 0 Å². The maximum atomic E-state index is 13.5. The Balaban J connectivity index is 1.84. The Morgan fingerprint density at radius 1 is 0.909 bits per heavy atom. The van der Waals surface area contributed by atoms with Gasteiger partial charge in [0.05, 0.1) is 17.2 Å². The first-order valence-electron chi connectivity index (χ1n) is 11.2. The van der Waals surface area contributed by atoms with Gasteiger partial charge < -0.3 is 4.90 Å². The summed E-state index contributed by atoms with van der Waals surface area (Å²) in [4.78, 5) is 16.9. The summed E-state index contributed by atoms with van der Waals surface area (Å²) in [6.07, 6.45) is 2.33. The van der Waals surface area contributed by atoms with E-state index in [1.54, 1.807) is 0 Å². The van der Waals surface area contributed by atoms with Crippen LogP contribution in [0.4, 0.5) is 0 Å². The molecular weight excluding hydrogens is 426 g/mol. The molecule has 1 atom stereocenters. The standard InChI is InChI=1S/C29H33NO2S/c1-22-15-17-26(18-16-22)33(32)27-14-10-9-13-25(27)20-28(31)30(29(3,4)5)21-23(2)19-24-11-7-6-8-12-24/h6-19H,20-21H2,1-5H3/b23-19-. The maximum Gasteiger partial charge on any atom is 0.227 e. The molecule has 0 fully saturated rings. The molecule has 0 aromatic heterocycles. The van der Waals surface area contributed by atoms with Gasteiger partial charge in [-0.3, -0.25) is 4.79 Å². The number of aryl methyl sites for hydroxylation is 1. The minimum atomic E-state index is -1.34. The van der Waals surface area contributed by atoms with Gasteiger partial charge in [-0.2, -0.15) is 0 Å². The van der Waals surface area contributed by atoms with Gasteiger partial charge in [0.15, 0.2) is 0 Å². The summed E-state index contributed by atoms with van der Waals surface area (Å²) in [6, 6.07) is 25.4. The topological polar surface area (TPSA) is 37.4 Å². The number of hydrogen-bond donors (Lipinski definition) is 0. The summed E-state index contributed by atoms with van der Waals surface area (Å²) in [7, 11) is -1.34. The molecule has 0 aliphatic rings. The third kappa shape index (κ3) is 6.75. The highest BCUT2D eigenvalue weighted by Crippen LogP contribution is 2.24. The number of rotatable bonds is 7. The van der Waals surface area contributed by atoms with Gasteiger partial charge in [0.2, 0.25) is 5.91 Å². The Morgan fingerprint density at radius 2 is 1.52 bits per heavy atom. The predicted molar refractivity (Wildman–Crippen MR) is 138 cm³/mol. The van der Waals surface area contributed by atoms with E-state index in [1.165, 1.54) is 0 Å². The van der Waals surface area contributed by atoms with Gasteiger partial charge in [0, 0.05) is 21.9 Å². The molecule has 4 heteroatoms. The zero-order chi connectivity index (χ0) is 24.0. The third-order valence-corrected chi connectivity index (χ3v) is 6.98. The SMILES string of the molecule is C/C(=C/c1ccccc1)CN(C(=O)Cc1ccccc1S(=O)c1ccc(C)cc1)C(C)(C)C. The lowest BCUT2D eigenvalue weighted by atomic mass is 10.0. The van der Waals surface area contributed by atoms with Gasteiger partial charge in [-0.1, -0.05) is 77.9 Å². The van der Waals surface area contributed by atoms with E-state index in [2.05, 4.69) is 45.9 Å². The fourth-order valence-electron chi connectivity index (χ4n) is 3.71. The van der Waals surface area contributed by atoms with Crippen LogP contribution in [0.2, 0.25) is 0 Å². The van der Waals surface area contributed by atoms with Crippen molar-refractivity contribution in [3.8, 4) is 0 Å². The molecular formula is C29H33NO2S. The second-order valence-corrected chi connectivity index (χ2v) is 10.9. The number of carbonyl (C=O) groups excluding carboxylic acids is 1. The van der Waals surface area contributed by atoms with Gasteiger partial charge in [0.25, 0.3) is 0 Å². The minimum Gasteiger partial charge on any atom is -0.334 e. The lowest BCUT2D eigenvalue weighted by molar-refractivity contribution is -0.134. The molecule has 0 heterocycles. The Bertz CT molecular complexity index is 1140. The van der Waals surface area contributed by atoms with E-state index >= 15 is 0 Å². The van der Waals surface area contributed by atoms with Crippen LogP contribution in [0.1, 0.15) is 44.4 Å². The molecule has 1 amide bonds. The highest BCUT2D eigenvalue weighted by Gasteiger charge is 2.27. The molecule has 0 saturated carbocycles. The van der Waals surface area contributed by atoms with Gasteiger partial charge in [0.1, 0.15) is 0 Å². The van der Waals surface area contributed by atoms with E-state index in [9.17, 15) is 9.00 Å². The lowest BCUT2D eigenvalue weighted by Crippen LogP contribution is -2.47. The first kappa shape index (κ1) is 24.7. The molecule has 0 radical (unpaired) electrons. The van der Waals surface area contributed by atoms with Crippen molar-refractivity contribution < 1.29 is 9.00 Å². The van der Waals surface area contributed by atoms with Crippen LogP contribution >= 0.6 is 0 Å². The molecule has 0 aliphatic carbocycles. The van der Waals surface area contributed by atoms with Crippen molar-refractivity contribution in [3.05, 3.63) is 101 Å². The van der Waals surface area contributed by atoms with Crippen molar-refractivity contribution >= 4 is 22.8 Å². The van der Waals surface area contributed by atoms with Crippen molar-refractivity contribution in [2.45, 2.75) is 56.4 Å². The van der Waals surface area contributed by atoms with E-state index < -0.39 is 10.8 Å². The Morgan fingerprint density at radius 3 is 2.15 bits per heavy atom. The quantitative estimate of drug-likeness (QED) is 0.408. The van der Waals surface area contributed by atoms with Crippen LogP contribution in [0.3, 0.4) is 0 Å². The molecule has 3 aromatic carbocycles. The maximum absolute atomic E-state index is 13.5. The molecule has 1 unspecified atom stereocenters. The lowest BCUT2D eigenvalue weighted by Gasteiger charge is -2.36. The molecule has 3 nitrogen and oxygen atoms in total. The highest BCUT2D eigenvalue weighted by atomic mass is 32.2. The molecule has 3 aromatic rings. The van der Waals surface area contributed by atoms with Crippen LogP contribution in [-0.4, -0.2) is 27.1 Å². The predicted octanol–water partition coefficient (Wildman–Crippen LogP) is 6.43. The first-order valence-corrected chi connectivity index (χ1v) is 12.4. The van der Waals surface area contributed by atoms with Crippen molar-refractivity contribution in [2.75, 3.05) is 6.54 Å². The normalized spacial score (nSPS) is 12.9. The molecule has 3 rings (SSSR count). The number of benzene rings is 3. The Kier molecular flexibility index (Phi) is 8.04. The van der Waals surface area contributed by atoms with Crippen LogP contribution in [0.25, 0.3) is 6.08 Å². The summed E-state index contributed by atoms with van der Waals surface area (Å²) in [5.41, 5.74) is 3.82. The summed E-state index contributed by atoms with van der Waals surface area (Å²) in [5, 5.41) is 0. The molecule has 33 heavy (non-hydrogen) atoms. The van der Waals surface area contributed by atoms with E-state index in [0.717, 1.165) is 27.2 Å². The number of nitrogens with zero attached hydrogens (tertiary/aromatic N) is 1.